The van der Waals surface area contributed by atoms with E-state index in [4.69, 9.17) is 20.6 Å². The van der Waals surface area contributed by atoms with Gasteiger partial charge in [0, 0.05) is 6.55 Å². The molecule has 24 heavy (non-hydrogen) atoms. The average Bonchev–Trinajstić information content (AvgIpc) is 2.00. The molecule has 0 unspecified atom stereocenters. The molecule has 0 fully saturated rings. The van der Waals surface area contributed by atoms with Gasteiger partial charge in [0.15, 0.2) is 33.3 Å². The first-order valence-electron chi connectivity index (χ1n) is 8.64. The van der Waals surface area contributed by atoms with Crippen LogP contribution in [0.2, 0.25) is 85.1 Å². The summed E-state index contributed by atoms with van der Waals surface area (Å²) in [4.78, 5) is 0. The van der Waals surface area contributed by atoms with Crippen molar-refractivity contribution in [2.45, 2.75) is 85.1 Å². The molecule has 0 saturated heterocycles. The molecular weight excluding hydrogens is 405 g/mol. The molecule has 0 N–H and O–H groups in total. The molecule has 0 aromatic rings. The Labute approximate surface area is 157 Å². The zero-order valence-electron chi connectivity index (χ0n) is 18.1. The Hall–Kier alpha value is 1.10. The molecule has 0 aliphatic heterocycles. The summed E-state index contributed by atoms with van der Waals surface area (Å²) >= 11 is 0. The smallest absolute Gasteiger partial charge is 0.419 e. The van der Waals surface area contributed by atoms with Gasteiger partial charge < -0.3 is 20.6 Å². The minimum atomic E-state index is -2.80. The highest BCUT2D eigenvalue weighted by atomic mass is 28.5. The third kappa shape index (κ3) is 14.3. The summed E-state index contributed by atoms with van der Waals surface area (Å²) in [6, 6.07) is 0. The molecule has 11 heteroatoms. The third-order valence-electron chi connectivity index (χ3n) is 2.19. The Kier molecular flexibility index (Phi) is 8.80. The zero-order chi connectivity index (χ0) is 19.6. The highest BCUT2D eigenvalue weighted by Crippen LogP contribution is 2.24. The van der Waals surface area contributed by atoms with E-state index in [-0.39, 0.29) is 0 Å². The van der Waals surface area contributed by atoms with E-state index in [1.54, 1.807) is 0 Å². The van der Waals surface area contributed by atoms with Gasteiger partial charge in [0.2, 0.25) is 0 Å². The summed E-state index contributed by atoms with van der Waals surface area (Å²) in [5.74, 6) is 0. The molecule has 0 spiro atoms. The molecule has 0 aromatic heterocycles. The van der Waals surface area contributed by atoms with E-state index >= 15 is 0 Å². The summed E-state index contributed by atoms with van der Waals surface area (Å²) < 4.78 is 32.0. The van der Waals surface area contributed by atoms with Crippen molar-refractivity contribution in [3.8, 4) is 0 Å². The van der Waals surface area contributed by atoms with E-state index < -0.39 is 51.6 Å². The van der Waals surface area contributed by atoms with Crippen LogP contribution in [0.3, 0.4) is 0 Å². The van der Waals surface area contributed by atoms with E-state index in [0.717, 1.165) is 0 Å². The predicted molar refractivity (Wildman–Crippen MR) is 118 cm³/mol. The van der Waals surface area contributed by atoms with Gasteiger partial charge in [-0.2, -0.15) is 0 Å². The van der Waals surface area contributed by atoms with Crippen LogP contribution in [-0.2, 0) is 20.6 Å². The van der Waals surface area contributed by atoms with Crippen LogP contribution in [0.25, 0.3) is 0 Å². The van der Waals surface area contributed by atoms with Crippen molar-refractivity contribution in [2.75, 3.05) is 0 Å². The minimum Gasteiger partial charge on any atom is -0.419 e. The van der Waals surface area contributed by atoms with Gasteiger partial charge in [0.05, 0.1) is 0 Å². The molecule has 0 aromatic carbocycles. The van der Waals surface area contributed by atoms with Crippen LogP contribution < -0.4 is 0 Å². The molecule has 0 saturated carbocycles. The van der Waals surface area contributed by atoms with Crippen molar-refractivity contribution < 1.29 is 20.6 Å². The minimum absolute atomic E-state index is 1.77. The summed E-state index contributed by atoms with van der Waals surface area (Å²) in [6.07, 6.45) is 0. The summed E-state index contributed by atoms with van der Waals surface area (Å²) in [7, 11) is -12.3. The van der Waals surface area contributed by atoms with Gasteiger partial charge >= 0.3 is 18.3 Å². The fourth-order valence-electron chi connectivity index (χ4n) is 2.01. The quantitative estimate of drug-likeness (QED) is 0.457. The van der Waals surface area contributed by atoms with Gasteiger partial charge in [-0.1, -0.05) is 0 Å². The van der Waals surface area contributed by atoms with Gasteiger partial charge in [-0.15, -0.1) is 0 Å². The van der Waals surface area contributed by atoms with Crippen molar-refractivity contribution in [3.63, 3.8) is 0 Å². The van der Waals surface area contributed by atoms with E-state index in [0.29, 0.717) is 0 Å². The van der Waals surface area contributed by atoms with Crippen LogP contribution in [-0.4, -0.2) is 51.6 Å². The average molecular weight is 445 g/mol. The van der Waals surface area contributed by atoms with Crippen molar-refractivity contribution in [2.24, 2.45) is 0 Å². The molecule has 0 atom stereocenters. The van der Waals surface area contributed by atoms with Crippen LogP contribution in [0.1, 0.15) is 0 Å². The van der Waals surface area contributed by atoms with Crippen LogP contribution >= 0.6 is 0 Å². The lowest BCUT2D eigenvalue weighted by molar-refractivity contribution is 0.206. The maximum absolute atomic E-state index is 6.47. The number of hydrogen-bond donors (Lipinski definition) is 0. The molecule has 0 radical (unpaired) electrons. The van der Waals surface area contributed by atoms with Crippen LogP contribution in [0, 0.1) is 0 Å². The standard InChI is InChI=1S/C13H40O5Si6/c1-20(2,3)14-19(15-21(4,5)6)16-24(13,17-22(7,8)9)18-23(10,11)12/h19H,1-13H3. The Morgan fingerprint density at radius 1 is 0.417 bits per heavy atom. The van der Waals surface area contributed by atoms with Crippen LogP contribution in [0.5, 0.6) is 0 Å². The lowest BCUT2D eigenvalue weighted by Crippen LogP contribution is -2.59. The van der Waals surface area contributed by atoms with Gasteiger partial charge in [-0.25, -0.2) is 0 Å². The molecule has 5 nitrogen and oxygen atoms in total. The van der Waals surface area contributed by atoms with Gasteiger partial charge in [-0.3, -0.25) is 0 Å². The lowest BCUT2D eigenvalue weighted by atomic mass is 11.8. The predicted octanol–water partition coefficient (Wildman–Crippen LogP) is 4.69. The SMILES string of the molecule is C[Si](C)(C)O[SiH](O[Si](C)(C)C)O[Si](C)(O[Si](C)(C)C)O[Si](C)(C)C. The summed E-state index contributed by atoms with van der Waals surface area (Å²) in [5, 5.41) is 0. The first-order valence-corrected chi connectivity index (χ1v) is 25.9. The highest BCUT2D eigenvalue weighted by molar-refractivity contribution is 6.88. The Bertz CT molecular complexity index is 362. The van der Waals surface area contributed by atoms with Crippen molar-refractivity contribution >= 4 is 51.6 Å². The monoisotopic (exact) mass is 444 g/mol. The second-order valence-electron chi connectivity index (χ2n) is 10.2. The fourth-order valence-corrected chi connectivity index (χ4v) is 20.6. The Morgan fingerprint density at radius 3 is 0.917 bits per heavy atom. The van der Waals surface area contributed by atoms with E-state index in [1.165, 1.54) is 0 Å². The molecule has 0 aliphatic rings. The van der Waals surface area contributed by atoms with Gasteiger partial charge in [-0.05, 0) is 78.6 Å². The normalized spacial score (nSPS) is 15.2. The highest BCUT2D eigenvalue weighted by Gasteiger charge is 2.47. The van der Waals surface area contributed by atoms with Crippen molar-refractivity contribution in [1.29, 1.82) is 0 Å². The molecular formula is C13H40O5Si6. The Morgan fingerprint density at radius 2 is 0.708 bits per heavy atom. The molecule has 0 bridgehead atoms. The number of rotatable bonds is 10. The first-order chi connectivity index (χ1) is 10.2. The van der Waals surface area contributed by atoms with E-state index in [1.807, 2.05) is 6.55 Å². The zero-order valence-corrected chi connectivity index (χ0v) is 24.3. The van der Waals surface area contributed by atoms with Crippen molar-refractivity contribution in [3.05, 3.63) is 0 Å². The van der Waals surface area contributed by atoms with Crippen LogP contribution in [0.4, 0.5) is 0 Å². The Balaban J connectivity index is 5.47. The molecule has 0 heterocycles. The lowest BCUT2D eigenvalue weighted by Gasteiger charge is -2.40. The molecule has 146 valence electrons. The molecule has 0 aliphatic carbocycles. The second-order valence-corrected chi connectivity index (χ2v) is 33.8. The molecule has 0 rings (SSSR count). The van der Waals surface area contributed by atoms with Crippen LogP contribution in [0.15, 0.2) is 0 Å². The van der Waals surface area contributed by atoms with E-state index in [9.17, 15) is 0 Å². The summed E-state index contributed by atoms with van der Waals surface area (Å²) in [5.41, 5.74) is 0. The van der Waals surface area contributed by atoms with Gasteiger partial charge in [0.1, 0.15) is 0 Å². The molecule has 0 amide bonds. The van der Waals surface area contributed by atoms with E-state index in [2.05, 4.69) is 78.6 Å². The van der Waals surface area contributed by atoms with Gasteiger partial charge in [0.25, 0.3) is 0 Å². The largest absolute Gasteiger partial charge is 0.469 e. The second kappa shape index (κ2) is 8.41. The topological polar surface area (TPSA) is 46.2 Å². The maximum Gasteiger partial charge on any atom is 0.469 e. The number of hydrogen-bond acceptors (Lipinski definition) is 5. The van der Waals surface area contributed by atoms with Crippen molar-refractivity contribution in [1.82, 2.24) is 0 Å². The first kappa shape index (κ1) is 25.1. The summed E-state index contributed by atoms with van der Waals surface area (Å²) in [6.45, 7) is 28.1. The third-order valence-corrected chi connectivity index (χ3v) is 19.7. The maximum atomic E-state index is 6.47. The fraction of sp³-hybridized carbons (Fsp3) is 1.00.